The molecule has 142 valence electrons. The van der Waals surface area contributed by atoms with Crippen molar-refractivity contribution in [2.24, 2.45) is 17.6 Å². The summed E-state index contributed by atoms with van der Waals surface area (Å²) < 4.78 is 5.75. The molecule has 0 aliphatic heterocycles. The van der Waals surface area contributed by atoms with E-state index in [1.54, 1.807) is 42.7 Å². The number of nitrogens with one attached hydrogen (secondary N) is 1. The molecule has 2 aliphatic rings. The predicted molar refractivity (Wildman–Crippen MR) is 105 cm³/mol. The summed E-state index contributed by atoms with van der Waals surface area (Å²) in [6.07, 6.45) is 8.84. The number of amides is 1. The van der Waals surface area contributed by atoms with Gasteiger partial charge in [0.2, 0.25) is 0 Å². The van der Waals surface area contributed by atoms with Crippen LogP contribution in [0, 0.1) is 11.8 Å². The van der Waals surface area contributed by atoms with Gasteiger partial charge in [0.25, 0.3) is 5.91 Å². The number of carbonyl (C=O) groups is 1. The highest BCUT2D eigenvalue weighted by Crippen LogP contribution is 2.40. The van der Waals surface area contributed by atoms with Crippen LogP contribution >= 0.6 is 11.6 Å². The van der Waals surface area contributed by atoms with Crippen molar-refractivity contribution in [1.29, 1.82) is 0 Å². The van der Waals surface area contributed by atoms with Gasteiger partial charge in [-0.25, -0.2) is 0 Å². The predicted octanol–water partition coefficient (Wildman–Crippen LogP) is 4.16. The minimum atomic E-state index is -0.0790. The molecule has 4 rings (SSSR count). The fourth-order valence-corrected chi connectivity index (χ4v) is 4.74. The molecule has 2 unspecified atom stereocenters. The van der Waals surface area contributed by atoms with E-state index < -0.39 is 0 Å². The molecule has 1 aromatic carbocycles. The SMILES string of the molecule is NC1CC2CCCC(C1)C2NC(=O)c1ccc(Oc2ccncc2)c(Cl)c1. The average molecular weight is 386 g/mol. The summed E-state index contributed by atoms with van der Waals surface area (Å²) in [5, 5.41) is 3.66. The highest BCUT2D eigenvalue weighted by Gasteiger charge is 2.39. The molecule has 0 spiro atoms. The zero-order valence-corrected chi connectivity index (χ0v) is 15.9. The zero-order chi connectivity index (χ0) is 18.8. The number of nitrogens with zero attached hydrogens (tertiary/aromatic N) is 1. The van der Waals surface area contributed by atoms with Gasteiger partial charge in [-0.3, -0.25) is 9.78 Å². The number of aromatic nitrogens is 1. The number of hydrogen-bond donors (Lipinski definition) is 2. The normalized spacial score (nSPS) is 27.0. The van der Waals surface area contributed by atoms with Crippen LogP contribution < -0.4 is 15.8 Å². The number of fused-ring (bicyclic) bond motifs is 2. The number of ether oxygens (including phenoxy) is 1. The Balaban J connectivity index is 1.45. The molecule has 0 radical (unpaired) electrons. The number of nitrogens with two attached hydrogens (primary N) is 1. The number of rotatable bonds is 4. The lowest BCUT2D eigenvalue weighted by Gasteiger charge is -2.45. The summed E-state index contributed by atoms with van der Waals surface area (Å²) in [6, 6.07) is 9.15. The minimum absolute atomic E-state index is 0.0790. The molecule has 0 saturated heterocycles. The first-order chi connectivity index (χ1) is 13.1. The highest BCUT2D eigenvalue weighted by molar-refractivity contribution is 6.32. The molecular formula is C21H24ClN3O2. The Morgan fingerprint density at radius 2 is 1.85 bits per heavy atom. The molecule has 2 aromatic rings. The maximum atomic E-state index is 12.8. The van der Waals surface area contributed by atoms with Gasteiger partial charge in [-0.1, -0.05) is 18.0 Å². The lowest BCUT2D eigenvalue weighted by atomic mass is 9.67. The van der Waals surface area contributed by atoms with Gasteiger partial charge in [-0.2, -0.15) is 0 Å². The van der Waals surface area contributed by atoms with Crippen molar-refractivity contribution in [1.82, 2.24) is 10.3 Å². The summed E-state index contributed by atoms with van der Waals surface area (Å²) in [7, 11) is 0. The molecule has 2 atom stereocenters. The van der Waals surface area contributed by atoms with Crippen LogP contribution in [-0.2, 0) is 0 Å². The third-order valence-corrected chi connectivity index (χ3v) is 6.04. The van der Waals surface area contributed by atoms with Crippen molar-refractivity contribution in [3.8, 4) is 11.5 Å². The van der Waals surface area contributed by atoms with Crippen molar-refractivity contribution in [3.05, 3.63) is 53.3 Å². The second-order valence-electron chi connectivity index (χ2n) is 7.61. The summed E-state index contributed by atoms with van der Waals surface area (Å²) in [6.45, 7) is 0. The van der Waals surface area contributed by atoms with Gasteiger partial charge in [-0.15, -0.1) is 0 Å². The number of carbonyl (C=O) groups excluding carboxylic acids is 1. The van der Waals surface area contributed by atoms with Crippen LogP contribution in [0.2, 0.25) is 5.02 Å². The molecule has 1 heterocycles. The Labute approximate surface area is 164 Å². The van der Waals surface area contributed by atoms with Crippen molar-refractivity contribution in [2.75, 3.05) is 0 Å². The number of hydrogen-bond acceptors (Lipinski definition) is 4. The smallest absolute Gasteiger partial charge is 0.251 e. The van der Waals surface area contributed by atoms with Gasteiger partial charge < -0.3 is 15.8 Å². The standard InChI is InChI=1S/C21H24ClN3O2/c22-18-12-15(4-5-19(18)27-17-6-8-24-9-7-17)21(26)25-20-13-2-1-3-14(20)11-16(23)10-13/h4-9,12-14,16,20H,1-3,10-11,23H2,(H,25,26). The Bertz CT molecular complexity index is 800. The first-order valence-corrected chi connectivity index (χ1v) is 9.92. The fraction of sp³-hybridized carbons (Fsp3) is 0.429. The maximum Gasteiger partial charge on any atom is 0.251 e. The lowest BCUT2D eigenvalue weighted by molar-refractivity contribution is 0.0756. The quantitative estimate of drug-likeness (QED) is 0.828. The minimum Gasteiger partial charge on any atom is -0.456 e. The molecule has 2 saturated carbocycles. The van der Waals surface area contributed by atoms with E-state index in [1.165, 1.54) is 6.42 Å². The zero-order valence-electron chi connectivity index (χ0n) is 15.1. The average Bonchev–Trinajstić information content (AvgIpc) is 2.65. The molecule has 5 nitrogen and oxygen atoms in total. The first-order valence-electron chi connectivity index (χ1n) is 9.54. The Morgan fingerprint density at radius 3 is 2.52 bits per heavy atom. The van der Waals surface area contributed by atoms with E-state index in [4.69, 9.17) is 22.1 Å². The molecule has 3 N–H and O–H groups in total. The van der Waals surface area contributed by atoms with E-state index in [0.717, 1.165) is 25.7 Å². The van der Waals surface area contributed by atoms with Crippen LogP contribution in [-0.4, -0.2) is 23.0 Å². The third kappa shape index (κ3) is 4.09. The van der Waals surface area contributed by atoms with E-state index >= 15 is 0 Å². The summed E-state index contributed by atoms with van der Waals surface area (Å²) in [4.78, 5) is 16.8. The van der Waals surface area contributed by atoms with Gasteiger partial charge in [0.1, 0.15) is 11.5 Å². The molecule has 2 aliphatic carbocycles. The number of halogens is 1. The van der Waals surface area contributed by atoms with Crippen LogP contribution in [0.25, 0.3) is 0 Å². The van der Waals surface area contributed by atoms with Gasteiger partial charge in [0.05, 0.1) is 5.02 Å². The summed E-state index contributed by atoms with van der Waals surface area (Å²) in [5.41, 5.74) is 6.73. The molecule has 1 amide bonds. The number of benzene rings is 1. The van der Waals surface area contributed by atoms with Crippen molar-refractivity contribution >= 4 is 17.5 Å². The largest absolute Gasteiger partial charge is 0.456 e. The Morgan fingerprint density at radius 1 is 1.15 bits per heavy atom. The molecular weight excluding hydrogens is 362 g/mol. The second-order valence-corrected chi connectivity index (χ2v) is 8.02. The molecule has 2 fully saturated rings. The second kappa shape index (κ2) is 7.87. The van der Waals surface area contributed by atoms with Crippen LogP contribution in [0.5, 0.6) is 11.5 Å². The van der Waals surface area contributed by atoms with E-state index in [2.05, 4.69) is 10.3 Å². The third-order valence-electron chi connectivity index (χ3n) is 5.75. The van der Waals surface area contributed by atoms with Gasteiger partial charge in [0.15, 0.2) is 0 Å². The molecule has 6 heteroatoms. The van der Waals surface area contributed by atoms with E-state index in [0.29, 0.717) is 33.9 Å². The van der Waals surface area contributed by atoms with Gasteiger partial charge in [0, 0.05) is 30.0 Å². The lowest BCUT2D eigenvalue weighted by Crippen LogP contribution is -2.53. The van der Waals surface area contributed by atoms with Crippen molar-refractivity contribution in [3.63, 3.8) is 0 Å². The molecule has 1 aromatic heterocycles. The van der Waals surface area contributed by atoms with E-state index in [9.17, 15) is 4.79 Å². The first kappa shape index (κ1) is 18.3. The Hall–Kier alpha value is -2.11. The van der Waals surface area contributed by atoms with E-state index in [-0.39, 0.29) is 18.0 Å². The maximum absolute atomic E-state index is 12.8. The van der Waals surface area contributed by atoms with Crippen LogP contribution in [0.15, 0.2) is 42.7 Å². The topological polar surface area (TPSA) is 77.2 Å². The fourth-order valence-electron chi connectivity index (χ4n) is 4.52. The van der Waals surface area contributed by atoms with Crippen molar-refractivity contribution in [2.45, 2.75) is 44.2 Å². The van der Waals surface area contributed by atoms with E-state index in [1.807, 2.05) is 0 Å². The van der Waals surface area contributed by atoms with Crippen LogP contribution in [0.4, 0.5) is 0 Å². The number of pyridine rings is 1. The van der Waals surface area contributed by atoms with Crippen LogP contribution in [0.1, 0.15) is 42.5 Å². The van der Waals surface area contributed by atoms with Gasteiger partial charge >= 0.3 is 0 Å². The monoisotopic (exact) mass is 385 g/mol. The van der Waals surface area contributed by atoms with Gasteiger partial charge in [-0.05, 0) is 67.9 Å². The van der Waals surface area contributed by atoms with Crippen molar-refractivity contribution < 1.29 is 9.53 Å². The molecule has 2 bridgehead atoms. The Kier molecular flexibility index (Phi) is 5.32. The highest BCUT2D eigenvalue weighted by atomic mass is 35.5. The summed E-state index contributed by atoms with van der Waals surface area (Å²) in [5.74, 6) is 2.06. The molecule has 27 heavy (non-hydrogen) atoms. The van der Waals surface area contributed by atoms with Crippen LogP contribution in [0.3, 0.4) is 0 Å². The summed E-state index contributed by atoms with van der Waals surface area (Å²) >= 11 is 6.34.